The zero-order valence-electron chi connectivity index (χ0n) is 43.9. The molecule has 16 nitrogen and oxygen atoms in total. The van der Waals surface area contributed by atoms with Crippen molar-refractivity contribution < 1.29 is 67.9 Å². The Balaban J connectivity index is 1.29. The van der Waals surface area contributed by atoms with Crippen LogP contribution in [0.4, 0.5) is 18.0 Å². The van der Waals surface area contributed by atoms with E-state index < -0.39 is 106 Å². The maximum Gasteiger partial charge on any atom is 0.427 e. The second-order valence-electron chi connectivity index (χ2n) is 18.6. The van der Waals surface area contributed by atoms with E-state index in [2.05, 4.69) is 19.8 Å². The summed E-state index contributed by atoms with van der Waals surface area (Å²) in [6.45, 7) is -0.964. The average molecular weight is 963 g/mol. The number of halogens is 3. The van der Waals surface area contributed by atoms with Gasteiger partial charge in [0.1, 0.15) is 29.5 Å². The lowest BCUT2D eigenvalue weighted by molar-refractivity contribution is -0.244. The van der Waals surface area contributed by atoms with Crippen molar-refractivity contribution in [3.63, 3.8) is 0 Å². The van der Waals surface area contributed by atoms with Gasteiger partial charge in [-0.2, -0.15) is 13.2 Å². The second kappa shape index (κ2) is 18.4. The van der Waals surface area contributed by atoms with Crippen LogP contribution in [0.2, 0.25) is 0 Å². The minimum Gasteiger partial charge on any atom is -0.497 e. The fraction of sp³-hybridized carbons (Fsp3) is 0.574. The summed E-state index contributed by atoms with van der Waals surface area (Å²) >= 11 is 0. The summed E-state index contributed by atoms with van der Waals surface area (Å²) in [5, 5.41) is 5.84. The van der Waals surface area contributed by atoms with E-state index in [1.165, 1.54) is 21.0 Å². The van der Waals surface area contributed by atoms with Gasteiger partial charge in [-0.05, 0) is 121 Å². The third-order valence-corrected chi connectivity index (χ3v) is 15.0. The highest BCUT2D eigenvalue weighted by atomic mass is 32.2. The number of hydrogen-bond acceptors (Lipinski definition) is 12. The lowest BCUT2D eigenvalue weighted by atomic mass is 9.88. The molecule has 67 heavy (non-hydrogen) atoms. The van der Waals surface area contributed by atoms with E-state index in [0.717, 1.165) is 4.90 Å². The summed E-state index contributed by atoms with van der Waals surface area (Å²) in [5.74, 6) is -4.10. The number of alkyl halides is 3. The number of methoxy groups -OCH3 is 1. The minimum absolute atomic E-state index is 0.0178. The Kier molecular flexibility index (Phi) is 11.4. The third-order valence-electron chi connectivity index (χ3n) is 12.8. The van der Waals surface area contributed by atoms with Crippen LogP contribution in [0, 0.1) is 17.8 Å². The molecule has 4 heterocycles. The summed E-state index contributed by atoms with van der Waals surface area (Å²) in [4.78, 5) is 68.1. The first kappa shape index (κ1) is 41.5. The Bertz CT molecular complexity index is 2720. The number of aromatic nitrogens is 2. The Hall–Kier alpha value is -5.66. The predicted octanol–water partition coefficient (Wildman–Crippen LogP) is 6.76. The number of ether oxygens (including phenoxy) is 4. The summed E-state index contributed by atoms with van der Waals surface area (Å²) in [7, 11) is -2.72. The van der Waals surface area contributed by atoms with Crippen LogP contribution >= 0.6 is 0 Å². The molecule has 0 bridgehead atoms. The number of nitrogens with one attached hydrogen (secondary N) is 3. The van der Waals surface area contributed by atoms with Gasteiger partial charge >= 0.3 is 12.3 Å². The molecule has 3 fully saturated rings. The molecule has 0 spiro atoms. The quantitative estimate of drug-likeness (QED) is 0.171. The molecule has 4 aliphatic rings. The van der Waals surface area contributed by atoms with Crippen LogP contribution in [0.3, 0.4) is 0 Å². The van der Waals surface area contributed by atoms with Crippen molar-refractivity contribution in [2.24, 2.45) is 17.8 Å². The summed E-state index contributed by atoms with van der Waals surface area (Å²) in [6.07, 6.45) is -3.43. The SMILES string of the molecule is [2H]C([2H])([2H])C(OC(=O)N[C@@H]1C(=O)N2C[C@H](Oc3nc(-c4ccc(OC(C)C)nc4)cc4cc(OC)ccc34)C[C@H]2C(=O)N[C@]2(C(=O)NS(=O)(=O)C3(C)CC3)C[C@H]2/C=C\CC[C@@H](C)C[C@H]1C)(C([2H])([2H])[2H])C(F)(F)F. The van der Waals surface area contributed by atoms with Crippen LogP contribution in [0.15, 0.2) is 54.7 Å². The number of nitrogens with zero attached hydrogens (tertiary/aromatic N) is 3. The summed E-state index contributed by atoms with van der Waals surface area (Å²) in [5.41, 5.74) is -5.91. The Morgan fingerprint density at radius 2 is 1.82 bits per heavy atom. The molecule has 0 radical (unpaired) electrons. The smallest absolute Gasteiger partial charge is 0.427 e. The summed E-state index contributed by atoms with van der Waals surface area (Å²) in [6, 6.07) is 6.75. The van der Waals surface area contributed by atoms with Crippen LogP contribution in [0.25, 0.3) is 22.0 Å². The number of carbonyl (C=O) groups is 4. The third kappa shape index (κ3) is 10.6. The van der Waals surface area contributed by atoms with Crippen molar-refractivity contribution >= 4 is 44.6 Å². The zero-order chi connectivity index (χ0) is 53.9. The molecule has 364 valence electrons. The largest absolute Gasteiger partial charge is 0.497 e. The number of alkyl carbamates (subject to hydrolysis) is 1. The maximum absolute atomic E-state index is 15.2. The molecular formula is C47H59F3N6O10S. The number of allylic oxidation sites excluding steroid dienone is 1. The van der Waals surface area contributed by atoms with Gasteiger partial charge < -0.3 is 34.5 Å². The number of sulfonamides is 1. The highest BCUT2D eigenvalue weighted by molar-refractivity contribution is 7.91. The predicted molar refractivity (Wildman–Crippen MR) is 240 cm³/mol. The molecule has 1 saturated heterocycles. The van der Waals surface area contributed by atoms with Crippen molar-refractivity contribution in [3.8, 4) is 28.8 Å². The first-order valence-electron chi connectivity index (χ1n) is 25.1. The van der Waals surface area contributed by atoms with E-state index in [0.29, 0.717) is 59.3 Å². The van der Waals surface area contributed by atoms with Crippen LogP contribution in [0.1, 0.15) is 101 Å². The van der Waals surface area contributed by atoms with Gasteiger partial charge in [0.05, 0.1) is 30.2 Å². The molecule has 1 aromatic carbocycles. The highest BCUT2D eigenvalue weighted by Gasteiger charge is 2.63. The number of fused-ring (bicyclic) bond motifs is 3. The normalized spacial score (nSPS) is 28.8. The van der Waals surface area contributed by atoms with Crippen molar-refractivity contribution in [3.05, 3.63) is 54.7 Å². The van der Waals surface area contributed by atoms with Crippen LogP contribution in [-0.2, 0) is 29.1 Å². The van der Waals surface area contributed by atoms with Gasteiger partial charge in [-0.1, -0.05) is 26.0 Å². The Labute approximate surface area is 396 Å². The molecule has 3 aromatic rings. The monoisotopic (exact) mass is 962 g/mol. The van der Waals surface area contributed by atoms with E-state index in [4.69, 9.17) is 27.4 Å². The van der Waals surface area contributed by atoms with E-state index in [1.54, 1.807) is 61.7 Å². The number of carbonyl (C=O) groups excluding carboxylic acids is 4. The number of hydrogen-bond donors (Lipinski definition) is 3. The molecular weight excluding hydrogens is 898 g/mol. The molecule has 7 rings (SSSR count). The maximum atomic E-state index is 15.2. The van der Waals surface area contributed by atoms with Crippen molar-refractivity contribution in [1.82, 2.24) is 30.2 Å². The minimum atomic E-state index is -6.18. The zero-order valence-corrected chi connectivity index (χ0v) is 38.7. The number of rotatable bonds is 11. The molecule has 2 aromatic heterocycles. The average Bonchev–Trinajstić information content (AvgIpc) is 4.17. The van der Waals surface area contributed by atoms with Crippen molar-refractivity contribution in [2.75, 3.05) is 13.7 Å². The fourth-order valence-electron chi connectivity index (χ4n) is 8.52. The Morgan fingerprint density at radius 3 is 2.46 bits per heavy atom. The molecule has 7 atom stereocenters. The van der Waals surface area contributed by atoms with Crippen LogP contribution < -0.4 is 29.6 Å². The fourth-order valence-corrected chi connectivity index (χ4v) is 9.83. The number of pyridine rings is 2. The van der Waals surface area contributed by atoms with E-state index in [1.807, 2.05) is 19.2 Å². The standard InChI is InChI=1S/C47H59F3N6O10S/c1-26(2)64-37-16-13-29(24-51-37)35-21-30-20-32(63-8)14-15-34(30)40(52-35)65-33-22-36-39(57)54-46(42(59)55-67(61,62)45(7)17-18-45)23-31(46)12-10-9-11-27(3)19-28(4)38(41(58)56(36)25-33)53-43(60)66-44(5,6)47(48,49)50/h10,12-16,20-21,24,26-28,31,33,36,38H,9,11,17-19,22-23,25H2,1-8H3,(H,53,60)(H,54,57)(H,55,59)/b12-10-/t27-,28-,31-,33-,36+,38+,46-/m1/s1/i5D3,6D3. The first-order valence-corrected chi connectivity index (χ1v) is 23.5. The molecule has 2 aliphatic carbocycles. The van der Waals surface area contributed by atoms with Gasteiger partial charge in [-0.25, -0.2) is 23.2 Å². The lowest BCUT2D eigenvalue weighted by Gasteiger charge is -2.34. The number of amides is 4. The van der Waals surface area contributed by atoms with Gasteiger partial charge in [0.2, 0.25) is 39.2 Å². The van der Waals surface area contributed by atoms with Gasteiger partial charge in [-0.15, -0.1) is 0 Å². The highest BCUT2D eigenvalue weighted by Crippen LogP contribution is 2.48. The molecule has 2 saturated carbocycles. The first-order chi connectivity index (χ1) is 33.8. The molecule has 0 unspecified atom stereocenters. The lowest BCUT2D eigenvalue weighted by Crippen LogP contribution is -2.59. The van der Waals surface area contributed by atoms with E-state index in [9.17, 15) is 36.0 Å². The topological polar surface area (TPSA) is 204 Å². The molecule has 4 amide bonds. The van der Waals surface area contributed by atoms with Crippen LogP contribution in [-0.4, -0.2) is 107 Å². The van der Waals surface area contributed by atoms with E-state index >= 15 is 4.79 Å². The van der Waals surface area contributed by atoms with Crippen molar-refractivity contribution in [1.29, 1.82) is 0 Å². The van der Waals surface area contributed by atoms with Gasteiger partial charge in [0.25, 0.3) is 5.91 Å². The van der Waals surface area contributed by atoms with Gasteiger partial charge in [0.15, 0.2) is 0 Å². The Morgan fingerprint density at radius 1 is 1.07 bits per heavy atom. The van der Waals surface area contributed by atoms with Crippen molar-refractivity contribution in [2.45, 2.75) is 140 Å². The van der Waals surface area contributed by atoms with Gasteiger partial charge in [-0.3, -0.25) is 19.1 Å². The molecule has 2 aliphatic heterocycles. The molecule has 20 heteroatoms. The summed E-state index contributed by atoms with van der Waals surface area (Å²) < 4.78 is 140. The van der Waals surface area contributed by atoms with E-state index in [-0.39, 0.29) is 37.2 Å². The molecule has 3 N–H and O–H groups in total. The number of benzene rings is 1. The van der Waals surface area contributed by atoms with Crippen LogP contribution in [0.5, 0.6) is 17.5 Å². The van der Waals surface area contributed by atoms with Gasteiger partial charge in [0, 0.05) is 43.8 Å². The second-order valence-corrected chi connectivity index (χ2v) is 20.8.